The second-order valence-electron chi connectivity index (χ2n) is 4.70. The first-order chi connectivity index (χ1) is 9.29. The average molecular weight is 271 g/mol. The van der Waals surface area contributed by atoms with Gasteiger partial charge in [-0.05, 0) is 38.2 Å². The van der Waals surface area contributed by atoms with Gasteiger partial charge in [-0.3, -0.25) is 0 Å². The lowest BCUT2D eigenvalue weighted by atomic mass is 10.2. The molecule has 0 aliphatic carbocycles. The Kier molecular flexibility index (Phi) is 3.44. The molecule has 0 saturated heterocycles. The third-order valence-corrected chi connectivity index (χ3v) is 4.44. The van der Waals surface area contributed by atoms with E-state index in [1.54, 1.807) is 11.8 Å². The van der Waals surface area contributed by atoms with Gasteiger partial charge >= 0.3 is 0 Å². The summed E-state index contributed by atoms with van der Waals surface area (Å²) in [6, 6.07) is 13.1. The molecule has 1 aromatic carbocycles. The van der Waals surface area contributed by atoms with Crippen molar-refractivity contribution < 1.29 is 0 Å². The van der Waals surface area contributed by atoms with Gasteiger partial charge in [0.15, 0.2) is 0 Å². The van der Waals surface area contributed by atoms with Crippen molar-refractivity contribution in [2.75, 3.05) is 18.5 Å². The van der Waals surface area contributed by atoms with Crippen LogP contribution in [0.5, 0.6) is 0 Å². The van der Waals surface area contributed by atoms with Crippen molar-refractivity contribution in [3.05, 3.63) is 42.6 Å². The largest absolute Gasteiger partial charge is 0.323 e. The topological polar surface area (TPSA) is 28.2 Å². The molecule has 1 aliphatic rings. The molecule has 1 N–H and O–H groups in total. The highest BCUT2D eigenvalue weighted by Crippen LogP contribution is 2.46. The van der Waals surface area contributed by atoms with Crippen molar-refractivity contribution in [1.82, 2.24) is 10.3 Å². The van der Waals surface area contributed by atoms with Gasteiger partial charge in [0.05, 0.1) is 10.6 Å². The fourth-order valence-electron chi connectivity index (χ4n) is 2.21. The molecule has 0 amide bonds. The molecule has 1 atom stereocenters. The minimum atomic E-state index is 0.408. The lowest BCUT2D eigenvalue weighted by molar-refractivity contribution is 0.608. The van der Waals surface area contributed by atoms with E-state index in [4.69, 9.17) is 0 Å². The fraction of sp³-hybridized carbons (Fsp3) is 0.267. The smallest absolute Gasteiger partial charge is 0.147 e. The van der Waals surface area contributed by atoms with Crippen molar-refractivity contribution in [1.29, 1.82) is 0 Å². The molecule has 0 bridgehead atoms. The SMILES string of the molecule is CNC(C)CN1c2ccccc2Sc2cccnc21. The van der Waals surface area contributed by atoms with Crippen molar-refractivity contribution in [3.63, 3.8) is 0 Å². The summed E-state index contributed by atoms with van der Waals surface area (Å²) >= 11 is 1.80. The van der Waals surface area contributed by atoms with E-state index in [-0.39, 0.29) is 0 Å². The Morgan fingerprint density at radius 3 is 2.84 bits per heavy atom. The highest BCUT2D eigenvalue weighted by Gasteiger charge is 2.24. The summed E-state index contributed by atoms with van der Waals surface area (Å²) in [5.41, 5.74) is 1.25. The maximum atomic E-state index is 4.56. The van der Waals surface area contributed by atoms with E-state index in [0.29, 0.717) is 6.04 Å². The van der Waals surface area contributed by atoms with Crippen LogP contribution in [0.2, 0.25) is 0 Å². The van der Waals surface area contributed by atoms with Gasteiger partial charge in [-0.15, -0.1) is 0 Å². The van der Waals surface area contributed by atoms with Crippen LogP contribution in [-0.2, 0) is 0 Å². The Hall–Kier alpha value is -1.52. The summed E-state index contributed by atoms with van der Waals surface area (Å²) < 4.78 is 0. The lowest BCUT2D eigenvalue weighted by Gasteiger charge is -2.33. The van der Waals surface area contributed by atoms with Crippen LogP contribution in [-0.4, -0.2) is 24.6 Å². The molecule has 1 aromatic heterocycles. The molecule has 2 heterocycles. The van der Waals surface area contributed by atoms with Crippen molar-refractivity contribution in [2.45, 2.75) is 22.8 Å². The van der Waals surface area contributed by atoms with Crippen molar-refractivity contribution in [3.8, 4) is 0 Å². The van der Waals surface area contributed by atoms with Crippen LogP contribution >= 0.6 is 11.8 Å². The van der Waals surface area contributed by atoms with Gasteiger partial charge in [0.2, 0.25) is 0 Å². The molecule has 4 heteroatoms. The normalized spacial score (nSPS) is 14.7. The number of benzene rings is 1. The van der Waals surface area contributed by atoms with Gasteiger partial charge in [0.1, 0.15) is 5.82 Å². The molecule has 1 aliphatic heterocycles. The number of pyridine rings is 1. The quantitative estimate of drug-likeness (QED) is 0.927. The Morgan fingerprint density at radius 1 is 1.21 bits per heavy atom. The second-order valence-corrected chi connectivity index (χ2v) is 5.78. The van der Waals surface area contributed by atoms with E-state index < -0.39 is 0 Å². The lowest BCUT2D eigenvalue weighted by Crippen LogP contribution is -2.36. The molecule has 1 unspecified atom stereocenters. The third kappa shape index (κ3) is 2.33. The average Bonchev–Trinajstić information content (AvgIpc) is 2.46. The molecule has 3 nitrogen and oxygen atoms in total. The van der Waals surface area contributed by atoms with Crippen LogP contribution in [0, 0.1) is 0 Å². The van der Waals surface area contributed by atoms with Crippen LogP contribution in [0.15, 0.2) is 52.4 Å². The highest BCUT2D eigenvalue weighted by atomic mass is 32.2. The van der Waals surface area contributed by atoms with Gasteiger partial charge in [-0.2, -0.15) is 0 Å². The number of hydrogen-bond acceptors (Lipinski definition) is 4. The Morgan fingerprint density at radius 2 is 2.00 bits per heavy atom. The van der Waals surface area contributed by atoms with Gasteiger partial charge < -0.3 is 10.2 Å². The Balaban J connectivity index is 2.06. The number of para-hydroxylation sites is 1. The van der Waals surface area contributed by atoms with E-state index in [1.807, 2.05) is 19.3 Å². The van der Waals surface area contributed by atoms with Crippen molar-refractivity contribution >= 4 is 23.3 Å². The fourth-order valence-corrected chi connectivity index (χ4v) is 3.28. The van der Waals surface area contributed by atoms with E-state index >= 15 is 0 Å². The van der Waals surface area contributed by atoms with E-state index in [9.17, 15) is 0 Å². The standard InChI is InChI=1S/C15H17N3S/c1-11(16-2)10-18-12-6-3-4-7-13(12)19-14-8-5-9-17-15(14)18/h3-9,11,16H,10H2,1-2H3. The summed E-state index contributed by atoms with van der Waals surface area (Å²) in [7, 11) is 1.99. The van der Waals surface area contributed by atoms with Crippen LogP contribution in [0.4, 0.5) is 11.5 Å². The highest BCUT2D eigenvalue weighted by molar-refractivity contribution is 7.99. The summed E-state index contributed by atoms with van der Waals surface area (Å²) in [4.78, 5) is 9.40. The molecular weight excluding hydrogens is 254 g/mol. The maximum absolute atomic E-state index is 4.56. The van der Waals surface area contributed by atoms with Crippen LogP contribution in [0.1, 0.15) is 6.92 Å². The van der Waals surface area contributed by atoms with Gasteiger partial charge in [-0.25, -0.2) is 4.98 Å². The van der Waals surface area contributed by atoms with Crippen LogP contribution < -0.4 is 10.2 Å². The number of aromatic nitrogens is 1. The van der Waals surface area contributed by atoms with Crippen LogP contribution in [0.3, 0.4) is 0 Å². The molecule has 2 aromatic rings. The maximum Gasteiger partial charge on any atom is 0.147 e. The monoisotopic (exact) mass is 271 g/mol. The molecule has 0 saturated carbocycles. The Bertz CT molecular complexity index is 540. The minimum Gasteiger partial charge on any atom is -0.323 e. The first-order valence-electron chi connectivity index (χ1n) is 6.46. The summed E-state index contributed by atoms with van der Waals surface area (Å²) in [5, 5.41) is 3.30. The number of nitrogens with one attached hydrogen (secondary N) is 1. The number of nitrogens with zero attached hydrogens (tertiary/aromatic N) is 2. The van der Waals surface area contributed by atoms with Crippen LogP contribution in [0.25, 0.3) is 0 Å². The van der Waals surface area contributed by atoms with Gasteiger partial charge in [-0.1, -0.05) is 23.9 Å². The summed E-state index contributed by atoms with van der Waals surface area (Å²) in [6.45, 7) is 3.10. The number of fused-ring (bicyclic) bond motifs is 2. The predicted molar refractivity (Wildman–Crippen MR) is 80.3 cm³/mol. The summed E-state index contributed by atoms with van der Waals surface area (Å²) in [6.07, 6.45) is 1.87. The molecule has 0 radical (unpaired) electrons. The number of hydrogen-bond donors (Lipinski definition) is 1. The van der Waals surface area contributed by atoms with E-state index in [1.165, 1.54) is 15.5 Å². The molecule has 98 valence electrons. The van der Waals surface area contributed by atoms with E-state index in [2.05, 4.69) is 52.5 Å². The zero-order valence-corrected chi connectivity index (χ0v) is 11.9. The second kappa shape index (κ2) is 5.23. The first kappa shape index (κ1) is 12.5. The number of anilines is 2. The predicted octanol–water partition coefficient (Wildman–Crippen LogP) is 3.29. The molecule has 0 spiro atoms. The number of likely N-dealkylation sites (N-methyl/N-ethyl adjacent to an activating group) is 1. The minimum absolute atomic E-state index is 0.408. The number of rotatable bonds is 3. The molecule has 19 heavy (non-hydrogen) atoms. The van der Waals surface area contributed by atoms with Gasteiger partial charge in [0.25, 0.3) is 0 Å². The van der Waals surface area contributed by atoms with Gasteiger partial charge in [0, 0.05) is 23.7 Å². The molecule has 3 rings (SSSR count). The molecular formula is C15H17N3S. The zero-order valence-electron chi connectivity index (χ0n) is 11.1. The molecule has 0 fully saturated rings. The first-order valence-corrected chi connectivity index (χ1v) is 7.28. The van der Waals surface area contributed by atoms with E-state index in [0.717, 1.165) is 12.4 Å². The van der Waals surface area contributed by atoms with Crippen molar-refractivity contribution in [2.24, 2.45) is 0 Å². The zero-order chi connectivity index (χ0) is 13.2. The Labute approximate surface area is 118 Å². The summed E-state index contributed by atoms with van der Waals surface area (Å²) in [5.74, 6) is 1.06. The third-order valence-electron chi connectivity index (χ3n) is 3.33.